The van der Waals surface area contributed by atoms with E-state index in [-0.39, 0.29) is 18.3 Å². The van der Waals surface area contributed by atoms with Gasteiger partial charge in [-0.1, -0.05) is 12.1 Å². The van der Waals surface area contributed by atoms with Gasteiger partial charge in [0.2, 0.25) is 0 Å². The molecule has 23 heavy (non-hydrogen) atoms. The molecule has 0 fully saturated rings. The molecule has 2 N–H and O–H groups in total. The number of rotatable bonds is 6. The summed E-state index contributed by atoms with van der Waals surface area (Å²) in [4.78, 5) is 22.7. The molecule has 7 nitrogen and oxygen atoms in total. The van der Waals surface area contributed by atoms with Crippen LogP contribution in [-0.4, -0.2) is 35.6 Å². The first kappa shape index (κ1) is 16.7. The van der Waals surface area contributed by atoms with E-state index in [0.717, 1.165) is 5.56 Å². The van der Waals surface area contributed by atoms with Crippen molar-refractivity contribution < 1.29 is 14.3 Å². The van der Waals surface area contributed by atoms with Crippen molar-refractivity contribution in [2.45, 2.75) is 20.0 Å². The fourth-order valence-corrected chi connectivity index (χ4v) is 1.91. The second-order valence-electron chi connectivity index (χ2n) is 4.87. The molecule has 0 aliphatic heterocycles. The third-order valence-corrected chi connectivity index (χ3v) is 3.01. The Morgan fingerprint density at radius 3 is 2.61 bits per heavy atom. The van der Waals surface area contributed by atoms with Gasteiger partial charge in [0.25, 0.3) is 5.56 Å². The van der Waals surface area contributed by atoms with Crippen LogP contribution in [0.25, 0.3) is 11.3 Å². The third-order valence-electron chi connectivity index (χ3n) is 3.01. The lowest BCUT2D eigenvalue weighted by Crippen LogP contribution is -2.22. The molecule has 1 heterocycles. The topological polar surface area (TPSA) is 93.3 Å². The molecule has 0 bridgehead atoms. The predicted octanol–water partition coefficient (Wildman–Crippen LogP) is 2.41. The maximum Gasteiger partial charge on any atom is 0.411 e. The number of amides is 1. The average molecular weight is 317 g/mol. The van der Waals surface area contributed by atoms with E-state index in [2.05, 4.69) is 15.5 Å². The quantitative estimate of drug-likeness (QED) is 0.853. The summed E-state index contributed by atoms with van der Waals surface area (Å²) < 4.78 is 10.3. The van der Waals surface area contributed by atoms with Crippen molar-refractivity contribution in [2.24, 2.45) is 0 Å². The van der Waals surface area contributed by atoms with Gasteiger partial charge < -0.3 is 9.47 Å². The lowest BCUT2D eigenvalue weighted by molar-refractivity contribution is 0.0255. The summed E-state index contributed by atoms with van der Waals surface area (Å²) >= 11 is 0. The third kappa shape index (κ3) is 5.23. The van der Waals surface area contributed by atoms with Crippen LogP contribution in [-0.2, 0) is 9.47 Å². The summed E-state index contributed by atoms with van der Waals surface area (Å²) in [5.74, 6) is 0. The van der Waals surface area contributed by atoms with E-state index in [1.807, 2.05) is 13.8 Å². The number of carbonyl (C=O) groups excluding carboxylic acids is 1. The van der Waals surface area contributed by atoms with Crippen LogP contribution >= 0.6 is 0 Å². The Hall–Kier alpha value is -2.67. The molecule has 0 radical (unpaired) electrons. The first-order valence-corrected chi connectivity index (χ1v) is 7.30. The van der Waals surface area contributed by atoms with Crippen molar-refractivity contribution in [3.05, 3.63) is 46.8 Å². The predicted molar refractivity (Wildman–Crippen MR) is 86.4 cm³/mol. The first-order chi connectivity index (χ1) is 11.1. The van der Waals surface area contributed by atoms with Gasteiger partial charge in [-0.2, -0.15) is 5.10 Å². The summed E-state index contributed by atoms with van der Waals surface area (Å²) in [6, 6.07) is 10.1. The molecule has 7 heteroatoms. The number of carbonyl (C=O) groups is 1. The van der Waals surface area contributed by atoms with Gasteiger partial charge in [0, 0.05) is 23.9 Å². The van der Waals surface area contributed by atoms with E-state index in [9.17, 15) is 9.59 Å². The van der Waals surface area contributed by atoms with E-state index >= 15 is 0 Å². The monoisotopic (exact) mass is 317 g/mol. The van der Waals surface area contributed by atoms with E-state index < -0.39 is 6.09 Å². The van der Waals surface area contributed by atoms with Crippen LogP contribution in [0.1, 0.15) is 13.8 Å². The Labute approximate surface area is 133 Å². The molecule has 0 aliphatic rings. The molecule has 2 rings (SSSR count). The van der Waals surface area contributed by atoms with Crippen LogP contribution in [0.4, 0.5) is 10.5 Å². The SMILES string of the molecule is CCOC(C)COC(=O)Nc1ccc(-c2ccc(=O)[nH]n2)cc1. The number of hydrogen-bond acceptors (Lipinski definition) is 5. The second kappa shape index (κ2) is 8.09. The fourth-order valence-electron chi connectivity index (χ4n) is 1.91. The number of benzene rings is 1. The molecule has 1 aromatic carbocycles. The minimum atomic E-state index is -0.536. The number of aromatic amines is 1. The van der Waals surface area contributed by atoms with Gasteiger partial charge in [-0.05, 0) is 32.0 Å². The number of H-pyrrole nitrogens is 1. The van der Waals surface area contributed by atoms with Gasteiger partial charge in [-0.3, -0.25) is 10.1 Å². The van der Waals surface area contributed by atoms with Crippen molar-refractivity contribution in [2.75, 3.05) is 18.5 Å². The molecule has 0 saturated heterocycles. The molecule has 2 aromatic rings. The van der Waals surface area contributed by atoms with E-state index in [1.54, 1.807) is 30.3 Å². The zero-order chi connectivity index (χ0) is 16.7. The Balaban J connectivity index is 1.91. The zero-order valence-corrected chi connectivity index (χ0v) is 13.0. The van der Waals surface area contributed by atoms with Gasteiger partial charge >= 0.3 is 6.09 Å². The molecular formula is C16H19N3O4. The van der Waals surface area contributed by atoms with Crippen LogP contribution in [0.5, 0.6) is 0 Å². The fraction of sp³-hybridized carbons (Fsp3) is 0.312. The minimum Gasteiger partial charge on any atom is -0.447 e. The molecule has 122 valence electrons. The second-order valence-corrected chi connectivity index (χ2v) is 4.87. The summed E-state index contributed by atoms with van der Waals surface area (Å²) in [6.45, 7) is 4.49. The molecule has 1 amide bonds. The van der Waals surface area contributed by atoms with Gasteiger partial charge in [0.05, 0.1) is 11.8 Å². The highest BCUT2D eigenvalue weighted by molar-refractivity contribution is 5.85. The highest BCUT2D eigenvalue weighted by Crippen LogP contribution is 2.18. The van der Waals surface area contributed by atoms with Crippen molar-refractivity contribution in [3.63, 3.8) is 0 Å². The Morgan fingerprint density at radius 1 is 1.26 bits per heavy atom. The maximum atomic E-state index is 11.7. The number of nitrogens with zero attached hydrogens (tertiary/aromatic N) is 1. The Bertz CT molecular complexity index is 677. The highest BCUT2D eigenvalue weighted by Gasteiger charge is 2.07. The van der Waals surface area contributed by atoms with Crippen LogP contribution in [0.2, 0.25) is 0 Å². The lowest BCUT2D eigenvalue weighted by Gasteiger charge is -2.12. The molecule has 1 unspecified atom stereocenters. The Kier molecular flexibility index (Phi) is 5.87. The van der Waals surface area contributed by atoms with Crippen LogP contribution in [0.15, 0.2) is 41.2 Å². The van der Waals surface area contributed by atoms with E-state index in [1.165, 1.54) is 6.07 Å². The smallest absolute Gasteiger partial charge is 0.411 e. The van der Waals surface area contributed by atoms with Gasteiger partial charge in [-0.15, -0.1) is 0 Å². The van der Waals surface area contributed by atoms with Crippen LogP contribution < -0.4 is 10.9 Å². The van der Waals surface area contributed by atoms with Gasteiger partial charge in [-0.25, -0.2) is 9.89 Å². The van der Waals surface area contributed by atoms with Gasteiger partial charge in [0.15, 0.2) is 0 Å². The molecule has 0 spiro atoms. The molecule has 1 aromatic heterocycles. The van der Waals surface area contributed by atoms with E-state index in [0.29, 0.717) is 18.0 Å². The standard InChI is InChI=1S/C16H19N3O4/c1-3-22-11(2)10-23-16(21)17-13-6-4-12(5-7-13)14-8-9-15(20)19-18-14/h4-9,11H,3,10H2,1-2H3,(H,17,21)(H,19,20). The Morgan fingerprint density at radius 2 is 2.00 bits per heavy atom. The normalized spacial score (nSPS) is 11.7. The van der Waals surface area contributed by atoms with Crippen molar-refractivity contribution in [3.8, 4) is 11.3 Å². The minimum absolute atomic E-state index is 0.139. The lowest BCUT2D eigenvalue weighted by atomic mass is 10.1. The highest BCUT2D eigenvalue weighted by atomic mass is 16.6. The molecular weight excluding hydrogens is 298 g/mol. The zero-order valence-electron chi connectivity index (χ0n) is 13.0. The van der Waals surface area contributed by atoms with Crippen LogP contribution in [0, 0.1) is 0 Å². The first-order valence-electron chi connectivity index (χ1n) is 7.30. The maximum absolute atomic E-state index is 11.7. The molecule has 0 saturated carbocycles. The van der Waals surface area contributed by atoms with Crippen molar-refractivity contribution in [1.29, 1.82) is 0 Å². The number of hydrogen-bond donors (Lipinski definition) is 2. The van der Waals surface area contributed by atoms with Crippen LogP contribution in [0.3, 0.4) is 0 Å². The summed E-state index contributed by atoms with van der Waals surface area (Å²) in [7, 11) is 0. The van der Waals surface area contributed by atoms with Gasteiger partial charge in [0.1, 0.15) is 6.61 Å². The summed E-state index contributed by atoms with van der Waals surface area (Å²) in [5, 5.41) is 8.95. The van der Waals surface area contributed by atoms with E-state index in [4.69, 9.17) is 9.47 Å². The number of nitrogens with one attached hydrogen (secondary N) is 2. The largest absolute Gasteiger partial charge is 0.447 e. The number of ether oxygens (including phenoxy) is 2. The average Bonchev–Trinajstić information content (AvgIpc) is 2.55. The number of aromatic nitrogens is 2. The number of anilines is 1. The van der Waals surface area contributed by atoms with Crippen molar-refractivity contribution in [1.82, 2.24) is 10.2 Å². The summed E-state index contributed by atoms with van der Waals surface area (Å²) in [5.41, 5.74) is 1.82. The molecule has 1 atom stereocenters. The van der Waals surface area contributed by atoms with Crippen molar-refractivity contribution >= 4 is 11.8 Å². The summed E-state index contributed by atoms with van der Waals surface area (Å²) in [6.07, 6.45) is -0.675. The molecule has 0 aliphatic carbocycles.